The van der Waals surface area contributed by atoms with Crippen LogP contribution in [0.4, 0.5) is 10.1 Å². The normalized spacial score (nSPS) is 10.9. The molecule has 2 aromatic carbocycles. The number of benzene rings is 2. The first-order valence-corrected chi connectivity index (χ1v) is 10.6. The fourth-order valence-corrected chi connectivity index (χ4v) is 3.69. The summed E-state index contributed by atoms with van der Waals surface area (Å²) in [6.07, 6.45) is 0. The van der Waals surface area contributed by atoms with Gasteiger partial charge < -0.3 is 14.8 Å². The largest absolute Gasteiger partial charge is 0.493 e. The summed E-state index contributed by atoms with van der Waals surface area (Å²) >= 11 is 1.19. The second kappa shape index (κ2) is 9.23. The molecule has 32 heavy (non-hydrogen) atoms. The maximum Gasteiger partial charge on any atom is 0.234 e. The average molecular weight is 453 g/mol. The molecule has 0 spiro atoms. The number of aromatic nitrogens is 4. The number of fused-ring (bicyclic) bond motifs is 1. The highest BCUT2D eigenvalue weighted by Gasteiger charge is 2.13. The van der Waals surface area contributed by atoms with Gasteiger partial charge in [-0.05, 0) is 55.0 Å². The summed E-state index contributed by atoms with van der Waals surface area (Å²) in [6.45, 7) is 1.66. The Labute approximate surface area is 187 Å². The zero-order valence-corrected chi connectivity index (χ0v) is 18.4. The first-order valence-electron chi connectivity index (χ1n) is 9.62. The standard InChI is InChI=1S/C22H20FN5O3S/c1-13-4-6-15(11-16(13)23)24-21(29)12-32-22-26-25-20-9-7-17(27-28(20)22)14-5-8-18(30-2)19(10-14)31-3/h4-11H,12H2,1-3H3,(H,24,29). The molecule has 1 amide bonds. The molecule has 4 aromatic rings. The summed E-state index contributed by atoms with van der Waals surface area (Å²) in [5.74, 6) is 0.627. The smallest absolute Gasteiger partial charge is 0.234 e. The lowest BCUT2D eigenvalue weighted by Crippen LogP contribution is -2.14. The molecule has 0 saturated heterocycles. The zero-order valence-electron chi connectivity index (χ0n) is 17.6. The molecular formula is C22H20FN5O3S. The lowest BCUT2D eigenvalue weighted by molar-refractivity contribution is -0.113. The van der Waals surface area contributed by atoms with Gasteiger partial charge in [0, 0.05) is 11.3 Å². The predicted octanol–water partition coefficient (Wildman–Crippen LogP) is 3.99. The van der Waals surface area contributed by atoms with Crippen LogP contribution in [0.2, 0.25) is 0 Å². The molecule has 4 rings (SSSR count). The molecule has 1 N–H and O–H groups in total. The van der Waals surface area contributed by atoms with E-state index in [1.165, 1.54) is 17.8 Å². The van der Waals surface area contributed by atoms with Crippen molar-refractivity contribution >= 4 is 29.0 Å². The molecule has 2 aromatic heterocycles. The SMILES string of the molecule is COc1ccc(-c2ccc3nnc(SCC(=O)Nc4ccc(C)c(F)c4)n3n2)cc1OC. The number of aryl methyl sites for hydroxylation is 1. The highest BCUT2D eigenvalue weighted by molar-refractivity contribution is 7.99. The number of anilines is 1. The van der Waals surface area contributed by atoms with Gasteiger partial charge in [-0.2, -0.15) is 9.61 Å². The van der Waals surface area contributed by atoms with Crippen molar-refractivity contribution in [3.8, 4) is 22.8 Å². The average Bonchev–Trinajstić information content (AvgIpc) is 3.22. The molecule has 0 atom stereocenters. The van der Waals surface area contributed by atoms with Crippen molar-refractivity contribution in [3.05, 3.63) is 59.9 Å². The minimum Gasteiger partial charge on any atom is -0.493 e. The minimum atomic E-state index is -0.370. The van der Waals surface area contributed by atoms with E-state index < -0.39 is 0 Å². The number of rotatable bonds is 7. The second-order valence-electron chi connectivity index (χ2n) is 6.84. The van der Waals surface area contributed by atoms with Crippen LogP contribution in [-0.2, 0) is 4.79 Å². The Hall–Kier alpha value is -3.66. The van der Waals surface area contributed by atoms with Crippen molar-refractivity contribution in [2.75, 3.05) is 25.3 Å². The first kappa shape index (κ1) is 21.6. The summed E-state index contributed by atoms with van der Waals surface area (Å²) < 4.78 is 25.9. The molecule has 8 nitrogen and oxygen atoms in total. The Morgan fingerprint density at radius 2 is 1.88 bits per heavy atom. The quantitative estimate of drug-likeness (QED) is 0.423. The maximum absolute atomic E-state index is 13.7. The molecule has 0 aliphatic heterocycles. The van der Waals surface area contributed by atoms with Gasteiger partial charge in [-0.25, -0.2) is 4.39 Å². The van der Waals surface area contributed by atoms with Gasteiger partial charge in [0.25, 0.3) is 0 Å². The van der Waals surface area contributed by atoms with E-state index in [0.29, 0.717) is 39.2 Å². The Kier molecular flexibility index (Phi) is 6.22. The van der Waals surface area contributed by atoms with Gasteiger partial charge in [0.05, 0.1) is 25.7 Å². The third-order valence-electron chi connectivity index (χ3n) is 4.70. The maximum atomic E-state index is 13.7. The topological polar surface area (TPSA) is 90.6 Å². The number of halogens is 1. The second-order valence-corrected chi connectivity index (χ2v) is 7.78. The summed E-state index contributed by atoms with van der Waals surface area (Å²) in [6, 6.07) is 13.7. The lowest BCUT2D eigenvalue weighted by atomic mass is 10.1. The third kappa shape index (κ3) is 4.50. The molecule has 0 fully saturated rings. The zero-order chi connectivity index (χ0) is 22.7. The van der Waals surface area contributed by atoms with E-state index in [-0.39, 0.29) is 17.5 Å². The Balaban J connectivity index is 1.51. The van der Waals surface area contributed by atoms with E-state index in [9.17, 15) is 9.18 Å². The van der Waals surface area contributed by atoms with Gasteiger partial charge in [0.15, 0.2) is 17.1 Å². The Bertz CT molecular complexity index is 1290. The number of nitrogens with zero attached hydrogens (tertiary/aromatic N) is 4. The van der Waals surface area contributed by atoms with Crippen LogP contribution in [0.5, 0.6) is 11.5 Å². The van der Waals surface area contributed by atoms with Crippen molar-refractivity contribution in [2.24, 2.45) is 0 Å². The van der Waals surface area contributed by atoms with Crippen LogP contribution in [0, 0.1) is 12.7 Å². The van der Waals surface area contributed by atoms with E-state index in [2.05, 4.69) is 20.6 Å². The lowest BCUT2D eigenvalue weighted by Gasteiger charge is -2.09. The van der Waals surface area contributed by atoms with Crippen molar-refractivity contribution in [1.29, 1.82) is 0 Å². The van der Waals surface area contributed by atoms with Crippen molar-refractivity contribution in [3.63, 3.8) is 0 Å². The number of hydrogen-bond donors (Lipinski definition) is 1. The molecule has 0 radical (unpaired) electrons. The molecule has 164 valence electrons. The molecule has 0 bridgehead atoms. The highest BCUT2D eigenvalue weighted by atomic mass is 32.2. The van der Waals surface area contributed by atoms with Crippen LogP contribution in [0.3, 0.4) is 0 Å². The van der Waals surface area contributed by atoms with E-state index in [4.69, 9.17) is 9.47 Å². The van der Waals surface area contributed by atoms with Gasteiger partial charge in [-0.1, -0.05) is 17.8 Å². The highest BCUT2D eigenvalue weighted by Crippen LogP contribution is 2.31. The van der Waals surface area contributed by atoms with E-state index in [0.717, 1.165) is 5.56 Å². The van der Waals surface area contributed by atoms with E-state index in [1.807, 2.05) is 18.2 Å². The Morgan fingerprint density at radius 3 is 2.62 bits per heavy atom. The number of nitrogens with one attached hydrogen (secondary N) is 1. The first-order chi connectivity index (χ1) is 15.5. The van der Waals surface area contributed by atoms with Gasteiger partial charge in [-0.3, -0.25) is 4.79 Å². The number of carbonyl (C=O) groups is 1. The van der Waals surface area contributed by atoms with Gasteiger partial charge in [-0.15, -0.1) is 10.2 Å². The third-order valence-corrected chi connectivity index (χ3v) is 5.62. The molecule has 2 heterocycles. The van der Waals surface area contributed by atoms with Crippen LogP contribution < -0.4 is 14.8 Å². The molecule has 10 heteroatoms. The molecule has 0 saturated carbocycles. The molecular weight excluding hydrogens is 433 g/mol. The van der Waals surface area contributed by atoms with Crippen molar-refractivity contribution in [1.82, 2.24) is 19.8 Å². The molecule has 0 aliphatic rings. The van der Waals surface area contributed by atoms with Gasteiger partial charge >= 0.3 is 0 Å². The summed E-state index contributed by atoms with van der Waals surface area (Å²) in [7, 11) is 3.15. The minimum absolute atomic E-state index is 0.0680. The van der Waals surface area contributed by atoms with Crippen LogP contribution in [-0.4, -0.2) is 45.7 Å². The van der Waals surface area contributed by atoms with Gasteiger partial charge in [0.1, 0.15) is 5.82 Å². The number of methoxy groups -OCH3 is 2. The van der Waals surface area contributed by atoms with Crippen molar-refractivity contribution < 1.29 is 18.7 Å². The van der Waals surface area contributed by atoms with Crippen LogP contribution in [0.15, 0.2) is 53.7 Å². The number of amides is 1. The summed E-state index contributed by atoms with van der Waals surface area (Å²) in [5, 5.41) is 16.0. The summed E-state index contributed by atoms with van der Waals surface area (Å²) in [4.78, 5) is 12.3. The van der Waals surface area contributed by atoms with E-state index >= 15 is 0 Å². The van der Waals surface area contributed by atoms with E-state index in [1.54, 1.807) is 49.9 Å². The molecule has 0 unspecified atom stereocenters. The predicted molar refractivity (Wildman–Crippen MR) is 120 cm³/mol. The number of thioether (sulfide) groups is 1. The van der Waals surface area contributed by atoms with Crippen LogP contribution >= 0.6 is 11.8 Å². The Morgan fingerprint density at radius 1 is 1.06 bits per heavy atom. The number of hydrogen-bond acceptors (Lipinski definition) is 7. The monoisotopic (exact) mass is 453 g/mol. The number of ether oxygens (including phenoxy) is 2. The number of carbonyl (C=O) groups excluding carboxylic acids is 1. The molecule has 0 aliphatic carbocycles. The van der Waals surface area contributed by atoms with Crippen LogP contribution in [0.25, 0.3) is 16.9 Å². The van der Waals surface area contributed by atoms with Gasteiger partial charge in [0.2, 0.25) is 11.1 Å². The van der Waals surface area contributed by atoms with Crippen LogP contribution in [0.1, 0.15) is 5.56 Å². The fraction of sp³-hybridized carbons (Fsp3) is 0.182. The van der Waals surface area contributed by atoms with Crippen molar-refractivity contribution in [2.45, 2.75) is 12.1 Å². The fourth-order valence-electron chi connectivity index (χ4n) is 3.01. The summed E-state index contributed by atoms with van der Waals surface area (Å²) in [5.41, 5.74) is 2.98.